The fourth-order valence-corrected chi connectivity index (χ4v) is 1.97. The normalized spacial score (nSPS) is 21.4. The molecule has 2 atom stereocenters. The van der Waals surface area contributed by atoms with Gasteiger partial charge in [0.25, 0.3) is 5.91 Å². The first-order chi connectivity index (χ1) is 9.19. The van der Waals surface area contributed by atoms with Gasteiger partial charge in [-0.2, -0.15) is 0 Å². The molecule has 0 unspecified atom stereocenters. The summed E-state index contributed by atoms with van der Waals surface area (Å²) in [6.07, 6.45) is 4.41. The van der Waals surface area contributed by atoms with Crippen LogP contribution in [-0.4, -0.2) is 30.3 Å². The van der Waals surface area contributed by atoms with E-state index in [1.807, 2.05) is 12.2 Å². The first-order valence-corrected chi connectivity index (χ1v) is 6.15. The summed E-state index contributed by atoms with van der Waals surface area (Å²) in [6.45, 7) is -0.149. The maximum atomic E-state index is 13.2. The van der Waals surface area contributed by atoms with E-state index in [9.17, 15) is 9.18 Å². The number of rotatable bonds is 5. The second kappa shape index (κ2) is 6.33. The van der Waals surface area contributed by atoms with E-state index >= 15 is 0 Å². The minimum Gasteiger partial charge on any atom is -0.481 e. The number of carbonyl (C=O) groups excluding carboxylic acids is 1. The molecule has 0 saturated heterocycles. The molecule has 0 spiro atoms. The van der Waals surface area contributed by atoms with Crippen LogP contribution in [0.2, 0.25) is 0 Å². The number of nitrogens with one attached hydrogen (secondary N) is 1. The molecule has 0 radical (unpaired) electrons. The van der Waals surface area contributed by atoms with Gasteiger partial charge in [0.05, 0.1) is 0 Å². The molecule has 5 heteroatoms. The third-order valence-electron chi connectivity index (χ3n) is 2.95. The Kier molecular flexibility index (Phi) is 4.52. The van der Waals surface area contributed by atoms with E-state index in [2.05, 4.69) is 5.32 Å². The van der Waals surface area contributed by atoms with Crippen molar-refractivity contribution >= 4 is 5.91 Å². The van der Waals surface area contributed by atoms with Gasteiger partial charge >= 0.3 is 0 Å². The highest BCUT2D eigenvalue weighted by Crippen LogP contribution is 2.17. The fraction of sp³-hybridized carbons (Fsp3) is 0.357. The summed E-state index contributed by atoms with van der Waals surface area (Å²) in [5.41, 5.74) is 0. The van der Waals surface area contributed by atoms with Gasteiger partial charge in [0.1, 0.15) is 0 Å². The van der Waals surface area contributed by atoms with E-state index in [1.54, 1.807) is 12.1 Å². The summed E-state index contributed by atoms with van der Waals surface area (Å²) >= 11 is 0. The van der Waals surface area contributed by atoms with Crippen LogP contribution in [-0.2, 0) is 4.79 Å². The van der Waals surface area contributed by atoms with E-state index in [0.717, 1.165) is 0 Å². The van der Waals surface area contributed by atoms with Crippen LogP contribution in [0.1, 0.15) is 6.42 Å². The summed E-state index contributed by atoms with van der Waals surface area (Å²) < 4.78 is 18.3. The number of aliphatic hydroxyl groups excluding tert-OH is 1. The summed E-state index contributed by atoms with van der Waals surface area (Å²) in [4.78, 5) is 11.6. The van der Waals surface area contributed by atoms with Crippen LogP contribution in [0.4, 0.5) is 4.39 Å². The second-order valence-electron chi connectivity index (χ2n) is 4.46. The van der Waals surface area contributed by atoms with Crippen molar-refractivity contribution in [3.05, 3.63) is 42.2 Å². The van der Waals surface area contributed by atoms with Gasteiger partial charge < -0.3 is 15.2 Å². The lowest BCUT2D eigenvalue weighted by atomic mass is 10.1. The molecule has 1 aromatic rings. The number of hydrogen-bond acceptors (Lipinski definition) is 3. The molecular formula is C14H16FNO3. The Morgan fingerprint density at radius 2 is 2.21 bits per heavy atom. The molecule has 2 N–H and O–H groups in total. The summed E-state index contributed by atoms with van der Waals surface area (Å²) in [5.74, 6) is -0.640. The van der Waals surface area contributed by atoms with Crippen LogP contribution in [0.5, 0.6) is 5.75 Å². The van der Waals surface area contributed by atoms with Gasteiger partial charge in [-0.05, 0) is 18.6 Å². The highest BCUT2D eigenvalue weighted by molar-refractivity contribution is 5.78. The van der Waals surface area contributed by atoms with E-state index in [1.165, 1.54) is 12.1 Å². The minimum absolute atomic E-state index is 0.0628. The molecule has 1 aliphatic carbocycles. The lowest BCUT2D eigenvalue weighted by molar-refractivity contribution is -0.123. The first kappa shape index (κ1) is 13.5. The second-order valence-corrected chi connectivity index (χ2v) is 4.46. The van der Waals surface area contributed by atoms with Crippen molar-refractivity contribution in [2.24, 2.45) is 5.92 Å². The van der Waals surface area contributed by atoms with E-state index in [-0.39, 0.29) is 36.8 Å². The van der Waals surface area contributed by atoms with Gasteiger partial charge in [-0.15, -0.1) is 0 Å². The van der Waals surface area contributed by atoms with Crippen LogP contribution < -0.4 is 10.1 Å². The minimum atomic E-state index is -0.489. The average molecular weight is 265 g/mol. The smallest absolute Gasteiger partial charge is 0.258 e. The van der Waals surface area contributed by atoms with Crippen molar-refractivity contribution in [3.63, 3.8) is 0 Å². The van der Waals surface area contributed by atoms with Crippen LogP contribution in [0.3, 0.4) is 0 Å². The van der Waals surface area contributed by atoms with Crippen LogP contribution in [0, 0.1) is 11.7 Å². The molecule has 0 saturated carbocycles. The lowest BCUT2D eigenvalue weighted by Crippen LogP contribution is -2.36. The zero-order valence-electron chi connectivity index (χ0n) is 10.4. The van der Waals surface area contributed by atoms with Crippen molar-refractivity contribution in [2.75, 3.05) is 13.2 Å². The van der Waals surface area contributed by atoms with Crippen molar-refractivity contribution in [1.82, 2.24) is 5.32 Å². The molecule has 102 valence electrons. The topological polar surface area (TPSA) is 58.6 Å². The van der Waals surface area contributed by atoms with Crippen molar-refractivity contribution in [1.29, 1.82) is 0 Å². The van der Waals surface area contributed by atoms with Crippen LogP contribution in [0.15, 0.2) is 36.4 Å². The van der Waals surface area contributed by atoms with Gasteiger partial charge in [0.15, 0.2) is 18.2 Å². The van der Waals surface area contributed by atoms with E-state index < -0.39 is 5.82 Å². The molecule has 4 nitrogen and oxygen atoms in total. The third-order valence-corrected chi connectivity index (χ3v) is 2.95. The number of benzene rings is 1. The molecule has 0 fully saturated rings. The quantitative estimate of drug-likeness (QED) is 0.788. The summed E-state index contributed by atoms with van der Waals surface area (Å²) in [6, 6.07) is 5.86. The Hall–Kier alpha value is -1.88. The number of para-hydroxylation sites is 1. The maximum absolute atomic E-state index is 13.2. The van der Waals surface area contributed by atoms with Gasteiger partial charge in [-0.1, -0.05) is 24.3 Å². The Morgan fingerprint density at radius 3 is 2.89 bits per heavy atom. The largest absolute Gasteiger partial charge is 0.481 e. The van der Waals surface area contributed by atoms with E-state index in [0.29, 0.717) is 6.42 Å². The first-order valence-electron chi connectivity index (χ1n) is 6.15. The molecule has 19 heavy (non-hydrogen) atoms. The van der Waals surface area contributed by atoms with Gasteiger partial charge in [0.2, 0.25) is 0 Å². The number of halogens is 1. The number of amides is 1. The predicted octanol–water partition coefficient (Wildman–Crippen LogP) is 1.26. The van der Waals surface area contributed by atoms with Gasteiger partial charge in [0, 0.05) is 18.6 Å². The zero-order valence-corrected chi connectivity index (χ0v) is 10.4. The van der Waals surface area contributed by atoms with E-state index in [4.69, 9.17) is 9.84 Å². The molecule has 1 aliphatic rings. The standard InChI is InChI=1S/C14H16FNO3/c15-12-3-1-2-4-13(12)19-9-14(18)16-11-6-5-10(7-11)8-17/h1-6,10-11,17H,7-9H2,(H,16,18)/t10-,11+/m0/s1. The predicted molar refractivity (Wildman–Crippen MR) is 68.2 cm³/mol. The number of ether oxygens (including phenoxy) is 1. The molecular weight excluding hydrogens is 249 g/mol. The van der Waals surface area contributed by atoms with Crippen molar-refractivity contribution < 1.29 is 19.0 Å². The SMILES string of the molecule is O=C(COc1ccccc1F)N[C@@H]1C=C[C@H](CO)C1. The molecule has 0 bridgehead atoms. The van der Waals surface area contributed by atoms with Crippen LogP contribution >= 0.6 is 0 Å². The fourth-order valence-electron chi connectivity index (χ4n) is 1.97. The van der Waals surface area contributed by atoms with Gasteiger partial charge in [-0.25, -0.2) is 4.39 Å². The zero-order chi connectivity index (χ0) is 13.7. The Balaban J connectivity index is 1.77. The molecule has 2 rings (SSSR count). The summed E-state index contributed by atoms with van der Waals surface area (Å²) in [5, 5.41) is 11.7. The van der Waals surface area contributed by atoms with Crippen LogP contribution in [0.25, 0.3) is 0 Å². The summed E-state index contributed by atoms with van der Waals surface area (Å²) in [7, 11) is 0. The molecule has 0 heterocycles. The van der Waals surface area contributed by atoms with Gasteiger partial charge in [-0.3, -0.25) is 4.79 Å². The number of carbonyl (C=O) groups is 1. The third kappa shape index (κ3) is 3.79. The Labute approximate surface area is 110 Å². The maximum Gasteiger partial charge on any atom is 0.258 e. The lowest BCUT2D eigenvalue weighted by Gasteiger charge is -2.13. The molecule has 1 amide bonds. The number of aliphatic hydroxyl groups is 1. The van der Waals surface area contributed by atoms with Crippen molar-refractivity contribution in [3.8, 4) is 5.75 Å². The molecule has 0 aliphatic heterocycles. The average Bonchev–Trinajstić information content (AvgIpc) is 2.85. The molecule has 1 aromatic carbocycles. The number of hydrogen-bond donors (Lipinski definition) is 2. The highest BCUT2D eigenvalue weighted by Gasteiger charge is 2.19. The Morgan fingerprint density at radius 1 is 1.42 bits per heavy atom. The Bertz CT molecular complexity index is 476. The highest BCUT2D eigenvalue weighted by atomic mass is 19.1. The van der Waals surface area contributed by atoms with Crippen molar-refractivity contribution in [2.45, 2.75) is 12.5 Å². The molecule has 0 aromatic heterocycles. The monoisotopic (exact) mass is 265 g/mol.